The SMILES string of the molecule is O=C(Nc1ccc2c(c1)CCO2)N1CCC[C@H](c2ncn[nH]2)C1. The van der Waals surface area contributed by atoms with Crippen LogP contribution in [-0.4, -0.2) is 45.8 Å². The summed E-state index contributed by atoms with van der Waals surface area (Å²) in [5.41, 5.74) is 1.97. The van der Waals surface area contributed by atoms with Crippen molar-refractivity contribution >= 4 is 11.7 Å². The standard InChI is InChI=1S/C16H19N5O2/c22-16(19-13-3-4-14-11(8-13)5-7-23-14)21-6-1-2-12(9-21)15-17-10-18-20-15/h3-4,8,10,12H,1-2,5-7,9H2,(H,19,22)(H,17,18,20)/t12-/m0/s1. The summed E-state index contributed by atoms with van der Waals surface area (Å²) in [6.07, 6.45) is 4.41. The second-order valence-electron chi connectivity index (χ2n) is 6.01. The molecule has 0 saturated carbocycles. The van der Waals surface area contributed by atoms with Gasteiger partial charge in [-0.05, 0) is 36.6 Å². The molecule has 0 aliphatic carbocycles. The van der Waals surface area contributed by atoms with Gasteiger partial charge < -0.3 is 15.0 Å². The molecule has 1 aromatic heterocycles. The van der Waals surface area contributed by atoms with Gasteiger partial charge in [0, 0.05) is 31.1 Å². The second-order valence-corrected chi connectivity index (χ2v) is 6.01. The molecule has 0 spiro atoms. The van der Waals surface area contributed by atoms with Crippen molar-refractivity contribution < 1.29 is 9.53 Å². The third-order valence-corrected chi connectivity index (χ3v) is 4.47. The quantitative estimate of drug-likeness (QED) is 0.890. The Morgan fingerprint density at radius 3 is 3.26 bits per heavy atom. The Balaban J connectivity index is 1.42. The minimum absolute atomic E-state index is 0.0620. The fourth-order valence-electron chi connectivity index (χ4n) is 3.26. The van der Waals surface area contributed by atoms with E-state index in [9.17, 15) is 4.79 Å². The van der Waals surface area contributed by atoms with Gasteiger partial charge >= 0.3 is 6.03 Å². The number of aromatic amines is 1. The molecule has 4 rings (SSSR count). The number of amides is 2. The number of ether oxygens (including phenoxy) is 1. The topological polar surface area (TPSA) is 83.1 Å². The number of urea groups is 1. The molecule has 2 N–H and O–H groups in total. The molecule has 3 heterocycles. The van der Waals surface area contributed by atoms with Gasteiger partial charge in [0.25, 0.3) is 0 Å². The van der Waals surface area contributed by atoms with Crippen LogP contribution in [0.2, 0.25) is 0 Å². The average Bonchev–Trinajstić information content (AvgIpc) is 3.26. The molecule has 1 aromatic carbocycles. The van der Waals surface area contributed by atoms with Crippen molar-refractivity contribution in [2.45, 2.75) is 25.2 Å². The molecule has 1 atom stereocenters. The van der Waals surface area contributed by atoms with Crippen LogP contribution in [0.15, 0.2) is 24.5 Å². The highest BCUT2D eigenvalue weighted by atomic mass is 16.5. The lowest BCUT2D eigenvalue weighted by Crippen LogP contribution is -2.41. The van der Waals surface area contributed by atoms with E-state index >= 15 is 0 Å². The number of fused-ring (bicyclic) bond motifs is 1. The van der Waals surface area contributed by atoms with Crippen molar-refractivity contribution in [1.82, 2.24) is 20.1 Å². The number of carbonyl (C=O) groups excluding carboxylic acids is 1. The number of benzene rings is 1. The Kier molecular flexibility index (Phi) is 3.61. The van der Waals surface area contributed by atoms with Gasteiger partial charge in [-0.2, -0.15) is 5.10 Å². The number of nitrogens with one attached hydrogen (secondary N) is 2. The molecule has 2 aromatic rings. The Morgan fingerprint density at radius 1 is 1.43 bits per heavy atom. The smallest absolute Gasteiger partial charge is 0.321 e. The summed E-state index contributed by atoms with van der Waals surface area (Å²) in [6.45, 7) is 2.15. The first-order valence-corrected chi connectivity index (χ1v) is 7.96. The maximum absolute atomic E-state index is 12.5. The van der Waals surface area contributed by atoms with E-state index in [-0.39, 0.29) is 11.9 Å². The Bertz CT molecular complexity index is 701. The molecular formula is C16H19N5O2. The van der Waals surface area contributed by atoms with Gasteiger partial charge in [-0.3, -0.25) is 5.10 Å². The van der Waals surface area contributed by atoms with E-state index in [0.29, 0.717) is 6.54 Å². The van der Waals surface area contributed by atoms with Crippen LogP contribution in [0, 0.1) is 0 Å². The monoisotopic (exact) mass is 313 g/mol. The van der Waals surface area contributed by atoms with Crippen LogP contribution in [-0.2, 0) is 6.42 Å². The molecule has 23 heavy (non-hydrogen) atoms. The van der Waals surface area contributed by atoms with Crippen LogP contribution >= 0.6 is 0 Å². The fourth-order valence-corrected chi connectivity index (χ4v) is 3.26. The lowest BCUT2D eigenvalue weighted by Gasteiger charge is -2.31. The molecule has 7 heteroatoms. The van der Waals surface area contributed by atoms with Crippen LogP contribution < -0.4 is 10.1 Å². The molecule has 2 aliphatic heterocycles. The van der Waals surface area contributed by atoms with Crippen molar-refractivity contribution in [3.05, 3.63) is 35.9 Å². The molecule has 120 valence electrons. The van der Waals surface area contributed by atoms with E-state index in [0.717, 1.165) is 55.2 Å². The van der Waals surface area contributed by atoms with Gasteiger partial charge in [0.2, 0.25) is 0 Å². The van der Waals surface area contributed by atoms with Crippen LogP contribution in [0.25, 0.3) is 0 Å². The fraction of sp³-hybridized carbons (Fsp3) is 0.438. The average molecular weight is 313 g/mol. The molecule has 2 amide bonds. The third kappa shape index (κ3) is 2.86. The van der Waals surface area contributed by atoms with Crippen molar-refractivity contribution in [1.29, 1.82) is 0 Å². The van der Waals surface area contributed by atoms with Crippen LogP contribution in [0.4, 0.5) is 10.5 Å². The molecule has 0 unspecified atom stereocenters. The van der Waals surface area contributed by atoms with Gasteiger partial charge in [0.1, 0.15) is 17.9 Å². The zero-order valence-electron chi connectivity index (χ0n) is 12.8. The lowest BCUT2D eigenvalue weighted by molar-refractivity contribution is 0.191. The lowest BCUT2D eigenvalue weighted by atomic mass is 9.98. The van der Waals surface area contributed by atoms with E-state index in [1.165, 1.54) is 6.33 Å². The Labute approximate surface area is 134 Å². The highest BCUT2D eigenvalue weighted by Gasteiger charge is 2.26. The largest absolute Gasteiger partial charge is 0.493 e. The normalized spacial score (nSPS) is 20.0. The van der Waals surface area contributed by atoms with Crippen molar-refractivity contribution in [3.8, 4) is 5.75 Å². The number of hydrogen-bond donors (Lipinski definition) is 2. The maximum atomic E-state index is 12.5. The molecule has 0 bridgehead atoms. The Morgan fingerprint density at radius 2 is 2.39 bits per heavy atom. The molecule has 0 radical (unpaired) electrons. The van der Waals surface area contributed by atoms with Crippen LogP contribution in [0.3, 0.4) is 0 Å². The Hall–Kier alpha value is -2.57. The van der Waals surface area contributed by atoms with E-state index in [2.05, 4.69) is 20.5 Å². The minimum atomic E-state index is -0.0620. The number of nitrogens with zero attached hydrogens (tertiary/aromatic N) is 3. The number of H-pyrrole nitrogens is 1. The number of carbonyl (C=O) groups is 1. The van der Waals surface area contributed by atoms with Crippen LogP contribution in [0.1, 0.15) is 30.1 Å². The number of likely N-dealkylation sites (tertiary alicyclic amines) is 1. The van der Waals surface area contributed by atoms with E-state index in [1.54, 1.807) is 0 Å². The van der Waals surface area contributed by atoms with Crippen LogP contribution in [0.5, 0.6) is 5.75 Å². The third-order valence-electron chi connectivity index (χ3n) is 4.47. The van der Waals surface area contributed by atoms with Crippen molar-refractivity contribution in [2.75, 3.05) is 25.0 Å². The number of rotatable bonds is 2. The molecule has 1 fully saturated rings. The number of hydrogen-bond acceptors (Lipinski definition) is 4. The first kappa shape index (κ1) is 14.0. The summed E-state index contributed by atoms with van der Waals surface area (Å²) >= 11 is 0. The first-order valence-electron chi connectivity index (χ1n) is 7.96. The highest BCUT2D eigenvalue weighted by Crippen LogP contribution is 2.28. The van der Waals surface area contributed by atoms with Crippen molar-refractivity contribution in [2.24, 2.45) is 0 Å². The second kappa shape index (κ2) is 5.91. The predicted octanol–water partition coefficient (Wildman–Crippen LogP) is 2.15. The summed E-state index contributed by atoms with van der Waals surface area (Å²) in [5, 5.41) is 9.80. The van der Waals surface area contributed by atoms with Gasteiger partial charge in [-0.1, -0.05) is 0 Å². The number of anilines is 1. The number of aromatic nitrogens is 3. The molecule has 7 nitrogen and oxygen atoms in total. The van der Waals surface area contributed by atoms with Gasteiger partial charge in [-0.15, -0.1) is 0 Å². The molecular weight excluding hydrogens is 294 g/mol. The summed E-state index contributed by atoms with van der Waals surface area (Å²) in [4.78, 5) is 18.6. The predicted molar refractivity (Wildman–Crippen MR) is 84.6 cm³/mol. The summed E-state index contributed by atoms with van der Waals surface area (Å²) < 4.78 is 5.49. The molecule has 2 aliphatic rings. The zero-order chi connectivity index (χ0) is 15.6. The zero-order valence-corrected chi connectivity index (χ0v) is 12.8. The molecule has 1 saturated heterocycles. The van der Waals surface area contributed by atoms with Gasteiger partial charge in [0.05, 0.1) is 6.61 Å². The number of piperidine rings is 1. The minimum Gasteiger partial charge on any atom is -0.493 e. The van der Waals surface area contributed by atoms with Gasteiger partial charge in [0.15, 0.2) is 0 Å². The van der Waals surface area contributed by atoms with E-state index in [4.69, 9.17) is 4.74 Å². The highest BCUT2D eigenvalue weighted by molar-refractivity contribution is 5.89. The maximum Gasteiger partial charge on any atom is 0.321 e. The first-order chi connectivity index (χ1) is 11.3. The van der Waals surface area contributed by atoms with Crippen molar-refractivity contribution in [3.63, 3.8) is 0 Å². The van der Waals surface area contributed by atoms with E-state index in [1.807, 2.05) is 23.1 Å². The van der Waals surface area contributed by atoms with E-state index < -0.39 is 0 Å². The van der Waals surface area contributed by atoms with Gasteiger partial charge in [-0.25, -0.2) is 9.78 Å². The summed E-state index contributed by atoms with van der Waals surface area (Å²) in [7, 11) is 0. The summed E-state index contributed by atoms with van der Waals surface area (Å²) in [5.74, 6) is 2.01. The summed E-state index contributed by atoms with van der Waals surface area (Å²) in [6, 6.07) is 5.75.